The summed E-state index contributed by atoms with van der Waals surface area (Å²) < 4.78 is 1.90. The first-order valence-electron chi connectivity index (χ1n) is 9.22. The quantitative estimate of drug-likeness (QED) is 0.729. The van der Waals surface area contributed by atoms with Gasteiger partial charge in [-0.1, -0.05) is 44.2 Å². The van der Waals surface area contributed by atoms with Crippen molar-refractivity contribution in [2.75, 3.05) is 18.0 Å². The van der Waals surface area contributed by atoms with Gasteiger partial charge in [0.25, 0.3) is 0 Å². The Hall–Kier alpha value is -2.43. The van der Waals surface area contributed by atoms with Crippen LogP contribution in [0.1, 0.15) is 44.0 Å². The first-order valence-corrected chi connectivity index (χ1v) is 9.22. The highest BCUT2D eigenvalue weighted by Crippen LogP contribution is 2.25. The average Bonchev–Trinajstić information content (AvgIpc) is 3.07. The number of nitrogens with zero attached hydrogens (tertiary/aromatic N) is 5. The number of hydrogen-bond acceptors (Lipinski definition) is 4. The van der Waals surface area contributed by atoms with E-state index in [0.717, 1.165) is 36.3 Å². The van der Waals surface area contributed by atoms with Gasteiger partial charge >= 0.3 is 0 Å². The van der Waals surface area contributed by atoms with Gasteiger partial charge in [-0.15, -0.1) is 15.3 Å². The molecule has 1 saturated heterocycles. The average molecular weight is 335 g/mol. The molecule has 0 atom stereocenters. The van der Waals surface area contributed by atoms with Gasteiger partial charge in [0.15, 0.2) is 11.5 Å². The van der Waals surface area contributed by atoms with Crippen molar-refractivity contribution in [1.82, 2.24) is 19.8 Å². The zero-order valence-corrected chi connectivity index (χ0v) is 15.0. The van der Waals surface area contributed by atoms with Crippen LogP contribution in [0, 0.1) is 5.92 Å². The molecular weight excluding hydrogens is 310 g/mol. The molecule has 3 aromatic rings. The Bertz CT molecular complexity index is 832. The van der Waals surface area contributed by atoms with E-state index in [1.54, 1.807) is 0 Å². The van der Waals surface area contributed by atoms with Crippen LogP contribution in [0.4, 0.5) is 5.82 Å². The summed E-state index contributed by atoms with van der Waals surface area (Å²) in [6, 6.07) is 14.9. The summed E-state index contributed by atoms with van der Waals surface area (Å²) in [6.07, 6.45) is 3.62. The minimum atomic E-state index is 0.314. The van der Waals surface area contributed by atoms with Crippen molar-refractivity contribution < 1.29 is 0 Å². The molecule has 0 spiro atoms. The molecule has 2 aromatic heterocycles. The van der Waals surface area contributed by atoms with Crippen LogP contribution in [0.15, 0.2) is 42.5 Å². The molecule has 0 radical (unpaired) electrons. The highest BCUT2D eigenvalue weighted by atomic mass is 15.4. The third kappa shape index (κ3) is 3.36. The summed E-state index contributed by atoms with van der Waals surface area (Å²) in [5.74, 6) is 3.04. The van der Waals surface area contributed by atoms with Crippen molar-refractivity contribution in [3.05, 3.63) is 53.9 Å². The van der Waals surface area contributed by atoms with Crippen molar-refractivity contribution in [2.24, 2.45) is 5.92 Å². The lowest BCUT2D eigenvalue weighted by Crippen LogP contribution is -2.35. The first-order chi connectivity index (χ1) is 12.2. The van der Waals surface area contributed by atoms with Crippen LogP contribution in [0.25, 0.3) is 5.65 Å². The lowest BCUT2D eigenvalue weighted by atomic mass is 9.90. The van der Waals surface area contributed by atoms with E-state index in [1.807, 2.05) is 10.6 Å². The number of hydrogen-bond donors (Lipinski definition) is 0. The Kier molecular flexibility index (Phi) is 4.38. The molecule has 0 saturated carbocycles. The molecule has 130 valence electrons. The van der Waals surface area contributed by atoms with Gasteiger partial charge < -0.3 is 4.90 Å². The molecule has 4 rings (SSSR count). The van der Waals surface area contributed by atoms with Crippen molar-refractivity contribution >= 4 is 11.5 Å². The third-order valence-electron chi connectivity index (χ3n) is 5.09. The Morgan fingerprint density at radius 1 is 1.00 bits per heavy atom. The molecule has 5 heteroatoms. The van der Waals surface area contributed by atoms with E-state index in [-0.39, 0.29) is 0 Å². The van der Waals surface area contributed by atoms with Crippen LogP contribution in [-0.2, 0) is 6.42 Å². The fraction of sp³-hybridized carbons (Fsp3) is 0.450. The lowest BCUT2D eigenvalue weighted by molar-refractivity contribution is 0.401. The molecular formula is C20H25N5. The van der Waals surface area contributed by atoms with E-state index in [9.17, 15) is 0 Å². The summed E-state index contributed by atoms with van der Waals surface area (Å²) in [7, 11) is 0. The van der Waals surface area contributed by atoms with Crippen LogP contribution in [0.5, 0.6) is 0 Å². The van der Waals surface area contributed by atoms with Crippen LogP contribution in [-0.4, -0.2) is 32.9 Å². The maximum absolute atomic E-state index is 4.81. The Morgan fingerprint density at radius 2 is 1.76 bits per heavy atom. The van der Waals surface area contributed by atoms with Gasteiger partial charge in [-0.2, -0.15) is 4.52 Å². The third-order valence-corrected chi connectivity index (χ3v) is 5.09. The summed E-state index contributed by atoms with van der Waals surface area (Å²) in [5, 5.41) is 13.3. The second-order valence-electron chi connectivity index (χ2n) is 7.29. The molecule has 1 fully saturated rings. The summed E-state index contributed by atoms with van der Waals surface area (Å²) >= 11 is 0. The number of fused-ring (bicyclic) bond motifs is 1. The van der Waals surface area contributed by atoms with E-state index in [2.05, 4.69) is 65.3 Å². The van der Waals surface area contributed by atoms with Crippen LogP contribution < -0.4 is 4.90 Å². The topological polar surface area (TPSA) is 46.3 Å². The van der Waals surface area contributed by atoms with Gasteiger partial charge in [0.1, 0.15) is 5.82 Å². The summed E-state index contributed by atoms with van der Waals surface area (Å²) in [5.41, 5.74) is 2.28. The van der Waals surface area contributed by atoms with E-state index < -0.39 is 0 Å². The second kappa shape index (κ2) is 6.82. The molecule has 0 aliphatic carbocycles. The molecule has 1 aliphatic rings. The minimum absolute atomic E-state index is 0.314. The number of benzene rings is 1. The first kappa shape index (κ1) is 16.1. The predicted molar refractivity (Wildman–Crippen MR) is 100.0 cm³/mol. The standard InChI is InChI=1S/C20H25N5/c1-15(2)20-22-21-18-8-9-19(23-25(18)20)24-12-10-17(11-13-24)14-16-6-4-3-5-7-16/h3-9,15,17H,10-14H2,1-2H3. The minimum Gasteiger partial charge on any atom is -0.355 e. The van der Waals surface area contributed by atoms with Crippen molar-refractivity contribution in [1.29, 1.82) is 0 Å². The predicted octanol–water partition coefficient (Wildman–Crippen LogP) is 3.71. The summed E-state index contributed by atoms with van der Waals surface area (Å²) in [4.78, 5) is 2.39. The van der Waals surface area contributed by atoms with Crippen LogP contribution in [0.2, 0.25) is 0 Å². The molecule has 0 N–H and O–H groups in total. The molecule has 0 unspecified atom stereocenters. The molecule has 5 nitrogen and oxygen atoms in total. The van der Waals surface area contributed by atoms with Gasteiger partial charge in [-0.3, -0.25) is 0 Å². The van der Waals surface area contributed by atoms with Crippen molar-refractivity contribution in [2.45, 2.75) is 39.0 Å². The normalized spacial score (nSPS) is 16.0. The zero-order valence-electron chi connectivity index (χ0n) is 15.0. The van der Waals surface area contributed by atoms with Gasteiger partial charge in [0.2, 0.25) is 0 Å². The Morgan fingerprint density at radius 3 is 2.48 bits per heavy atom. The Balaban J connectivity index is 1.45. The van der Waals surface area contributed by atoms with E-state index >= 15 is 0 Å². The molecule has 3 heterocycles. The van der Waals surface area contributed by atoms with Gasteiger partial charge in [0.05, 0.1) is 0 Å². The fourth-order valence-electron chi connectivity index (χ4n) is 3.64. The molecule has 0 amide bonds. The monoisotopic (exact) mass is 335 g/mol. The van der Waals surface area contributed by atoms with Crippen LogP contribution in [0.3, 0.4) is 0 Å². The maximum Gasteiger partial charge on any atom is 0.178 e. The summed E-state index contributed by atoms with van der Waals surface area (Å²) in [6.45, 7) is 6.38. The van der Waals surface area contributed by atoms with Gasteiger partial charge in [-0.25, -0.2) is 0 Å². The largest absolute Gasteiger partial charge is 0.355 e. The molecule has 25 heavy (non-hydrogen) atoms. The number of aromatic nitrogens is 4. The number of piperidine rings is 1. The van der Waals surface area contributed by atoms with E-state index in [4.69, 9.17) is 5.10 Å². The van der Waals surface area contributed by atoms with Crippen LogP contribution >= 0.6 is 0 Å². The SMILES string of the molecule is CC(C)c1nnc2ccc(N3CCC(Cc4ccccc4)CC3)nn12. The molecule has 1 aromatic carbocycles. The molecule has 0 bridgehead atoms. The molecule has 1 aliphatic heterocycles. The smallest absolute Gasteiger partial charge is 0.178 e. The second-order valence-corrected chi connectivity index (χ2v) is 7.29. The van der Waals surface area contributed by atoms with E-state index in [1.165, 1.54) is 24.8 Å². The highest BCUT2D eigenvalue weighted by molar-refractivity contribution is 5.46. The van der Waals surface area contributed by atoms with Crippen molar-refractivity contribution in [3.8, 4) is 0 Å². The number of rotatable bonds is 4. The van der Waals surface area contributed by atoms with Gasteiger partial charge in [0, 0.05) is 19.0 Å². The number of anilines is 1. The van der Waals surface area contributed by atoms with E-state index in [0.29, 0.717) is 5.92 Å². The van der Waals surface area contributed by atoms with Gasteiger partial charge in [-0.05, 0) is 42.9 Å². The zero-order chi connectivity index (χ0) is 17.2. The highest BCUT2D eigenvalue weighted by Gasteiger charge is 2.21. The Labute approximate surface area is 148 Å². The lowest BCUT2D eigenvalue weighted by Gasteiger charge is -2.32. The van der Waals surface area contributed by atoms with Crippen molar-refractivity contribution in [3.63, 3.8) is 0 Å². The maximum atomic E-state index is 4.81. The fourth-order valence-corrected chi connectivity index (χ4v) is 3.64.